The van der Waals surface area contributed by atoms with E-state index in [1.807, 2.05) is 25.1 Å². The number of carbonyl (C=O) groups excluding carboxylic acids is 2. The summed E-state index contributed by atoms with van der Waals surface area (Å²) >= 11 is 0. The van der Waals surface area contributed by atoms with Crippen molar-refractivity contribution in [3.05, 3.63) is 82.5 Å². The van der Waals surface area contributed by atoms with Crippen LogP contribution in [0.2, 0.25) is 0 Å². The number of nitrogens with zero attached hydrogens (tertiary/aromatic N) is 3. The number of esters is 1. The molecule has 182 valence electrons. The summed E-state index contributed by atoms with van der Waals surface area (Å²) in [6, 6.07) is 16.1. The zero-order valence-electron chi connectivity index (χ0n) is 19.5. The number of pyridine rings is 1. The van der Waals surface area contributed by atoms with Gasteiger partial charge in [0.1, 0.15) is 5.75 Å². The van der Waals surface area contributed by atoms with Crippen molar-refractivity contribution in [3.63, 3.8) is 0 Å². The smallest absolute Gasteiger partial charge is 0.419 e. The number of nitro benzene ring substituents is 1. The maximum absolute atomic E-state index is 12.6. The van der Waals surface area contributed by atoms with E-state index in [9.17, 15) is 19.7 Å². The fourth-order valence-electron chi connectivity index (χ4n) is 3.26. The highest BCUT2D eigenvalue weighted by Gasteiger charge is 2.20. The van der Waals surface area contributed by atoms with Crippen LogP contribution in [0.1, 0.15) is 12.5 Å². The second-order valence-corrected chi connectivity index (χ2v) is 7.45. The number of amides is 1. The van der Waals surface area contributed by atoms with Crippen molar-refractivity contribution in [1.29, 1.82) is 0 Å². The second-order valence-electron chi connectivity index (χ2n) is 7.45. The Morgan fingerprint density at radius 2 is 1.86 bits per heavy atom. The Morgan fingerprint density at radius 3 is 2.46 bits per heavy atom. The van der Waals surface area contributed by atoms with E-state index in [1.54, 1.807) is 31.4 Å². The van der Waals surface area contributed by atoms with Gasteiger partial charge >= 0.3 is 12.1 Å². The molecule has 0 aliphatic carbocycles. The normalized spacial score (nSPS) is 11.4. The number of non-ortho nitro benzene ring substituents is 1. The van der Waals surface area contributed by atoms with Crippen molar-refractivity contribution in [2.24, 2.45) is 0 Å². The molecule has 0 aliphatic heterocycles. The maximum Gasteiger partial charge on any atom is 0.419 e. The van der Waals surface area contributed by atoms with Crippen molar-refractivity contribution in [2.45, 2.75) is 19.4 Å². The molecule has 0 saturated heterocycles. The Bertz CT molecular complexity index is 1180. The highest BCUT2D eigenvalue weighted by atomic mass is 16.6. The Morgan fingerprint density at radius 1 is 1.11 bits per heavy atom. The zero-order valence-corrected chi connectivity index (χ0v) is 19.5. The van der Waals surface area contributed by atoms with Gasteiger partial charge in [0.25, 0.3) is 5.69 Å². The summed E-state index contributed by atoms with van der Waals surface area (Å²) in [5.41, 5.74) is 2.75. The molecule has 0 fully saturated rings. The summed E-state index contributed by atoms with van der Waals surface area (Å²) in [4.78, 5) is 40.5. The quantitative estimate of drug-likeness (QED) is 0.251. The molecular weight excluding hydrogens is 454 g/mol. The van der Waals surface area contributed by atoms with E-state index in [-0.39, 0.29) is 11.4 Å². The molecule has 0 radical (unpaired) electrons. The fourth-order valence-corrected chi connectivity index (χ4v) is 3.26. The first kappa shape index (κ1) is 25.3. The topological polar surface area (TPSA) is 121 Å². The van der Waals surface area contributed by atoms with Crippen molar-refractivity contribution < 1.29 is 28.7 Å². The number of ether oxygens (including phenoxy) is 3. The van der Waals surface area contributed by atoms with Gasteiger partial charge in [-0.05, 0) is 42.8 Å². The monoisotopic (exact) mass is 479 g/mol. The van der Waals surface area contributed by atoms with Gasteiger partial charge in [-0.2, -0.15) is 0 Å². The lowest BCUT2D eigenvalue weighted by atomic mass is 10.1. The molecule has 1 heterocycles. The summed E-state index contributed by atoms with van der Waals surface area (Å²) in [7, 11) is 2.88. The third-order valence-electron chi connectivity index (χ3n) is 5.13. The largest absolute Gasteiger partial charge is 0.467 e. The first-order chi connectivity index (χ1) is 16.8. The number of methoxy groups -OCH3 is 1. The lowest BCUT2D eigenvalue weighted by Crippen LogP contribution is -2.29. The van der Waals surface area contributed by atoms with Crippen LogP contribution in [0.15, 0.2) is 66.9 Å². The first-order valence-electron chi connectivity index (χ1n) is 10.8. The molecule has 1 aromatic heterocycles. The first-order valence-corrected chi connectivity index (χ1v) is 10.8. The minimum absolute atomic E-state index is 0.0944. The summed E-state index contributed by atoms with van der Waals surface area (Å²) < 4.78 is 15.5. The van der Waals surface area contributed by atoms with E-state index >= 15 is 0 Å². The number of hydrogen-bond acceptors (Lipinski definition) is 8. The van der Waals surface area contributed by atoms with Crippen LogP contribution < -0.4 is 9.64 Å². The third-order valence-corrected chi connectivity index (χ3v) is 5.13. The molecule has 10 nitrogen and oxygen atoms in total. The highest BCUT2D eigenvalue weighted by Crippen LogP contribution is 2.25. The van der Waals surface area contributed by atoms with Crippen LogP contribution in [0, 0.1) is 10.1 Å². The van der Waals surface area contributed by atoms with Gasteiger partial charge in [-0.25, -0.2) is 9.59 Å². The van der Waals surface area contributed by atoms with Crippen molar-refractivity contribution in [1.82, 2.24) is 4.98 Å². The number of carbonyl (C=O) groups is 2. The molecule has 3 rings (SSSR count). The van der Waals surface area contributed by atoms with Crippen LogP contribution in [0.5, 0.6) is 5.75 Å². The molecule has 1 atom stereocenters. The van der Waals surface area contributed by atoms with E-state index in [0.717, 1.165) is 11.1 Å². The van der Waals surface area contributed by atoms with E-state index < -0.39 is 23.1 Å². The zero-order chi connectivity index (χ0) is 25.4. The number of anilines is 1. The predicted molar refractivity (Wildman–Crippen MR) is 128 cm³/mol. The average molecular weight is 479 g/mol. The predicted octanol–water partition coefficient (Wildman–Crippen LogP) is 4.41. The molecule has 10 heteroatoms. The number of rotatable bonds is 9. The van der Waals surface area contributed by atoms with Crippen molar-refractivity contribution >= 4 is 23.4 Å². The van der Waals surface area contributed by atoms with E-state index in [1.165, 1.54) is 36.3 Å². The van der Waals surface area contributed by atoms with Crippen LogP contribution in [-0.2, 0) is 20.7 Å². The SMILES string of the molecule is CCO[C@@H](Cc1ccc(-c2cccc(N(C)C(=O)Oc3ccc([N+](=O)[O-])cc3)c2)nc1)C(=O)OC. The molecule has 35 heavy (non-hydrogen) atoms. The average Bonchev–Trinajstić information content (AvgIpc) is 2.88. The van der Waals surface area contributed by atoms with Crippen molar-refractivity contribution in [3.8, 4) is 17.0 Å². The van der Waals surface area contributed by atoms with Gasteiger partial charge in [-0.15, -0.1) is 0 Å². The molecule has 0 saturated carbocycles. The number of benzene rings is 2. The van der Waals surface area contributed by atoms with Gasteiger partial charge in [-0.1, -0.05) is 18.2 Å². The van der Waals surface area contributed by atoms with E-state index in [2.05, 4.69) is 4.98 Å². The summed E-state index contributed by atoms with van der Waals surface area (Å²) in [6.45, 7) is 2.20. The number of hydrogen-bond donors (Lipinski definition) is 0. The molecular formula is C25H25N3O7. The van der Waals surface area contributed by atoms with Crippen molar-refractivity contribution in [2.75, 3.05) is 25.7 Å². The Labute approximate surface area is 202 Å². The van der Waals surface area contributed by atoms with E-state index in [0.29, 0.717) is 24.4 Å². The Kier molecular flexibility index (Phi) is 8.47. The van der Waals surface area contributed by atoms with Gasteiger partial charge in [0, 0.05) is 49.7 Å². The van der Waals surface area contributed by atoms with Gasteiger partial charge in [0.15, 0.2) is 6.10 Å². The number of nitro groups is 1. The van der Waals surface area contributed by atoms with Crippen LogP contribution in [0.4, 0.5) is 16.2 Å². The molecule has 2 aromatic carbocycles. The van der Waals surface area contributed by atoms with Gasteiger partial charge in [0.2, 0.25) is 0 Å². The lowest BCUT2D eigenvalue weighted by molar-refractivity contribution is -0.384. The van der Waals surface area contributed by atoms with Gasteiger partial charge in [0.05, 0.1) is 17.7 Å². The summed E-state index contributed by atoms with van der Waals surface area (Å²) in [5, 5.41) is 10.8. The standard InChI is InChI=1S/C25H25N3O7/c1-4-34-23(24(29)33-3)14-17-8-13-22(26-16-17)18-6-5-7-20(15-18)27(2)25(30)35-21-11-9-19(10-12-21)28(31)32/h5-13,15-16,23H,4,14H2,1-3H3/t23-/m0/s1. The summed E-state index contributed by atoms with van der Waals surface area (Å²) in [6.07, 6.45) is 0.662. The Hall–Kier alpha value is -4.31. The van der Waals surface area contributed by atoms with E-state index in [4.69, 9.17) is 14.2 Å². The molecule has 0 spiro atoms. The van der Waals surface area contributed by atoms with Crippen LogP contribution in [0.3, 0.4) is 0 Å². The fraction of sp³-hybridized carbons (Fsp3) is 0.240. The minimum atomic E-state index is -0.698. The number of aromatic nitrogens is 1. The van der Waals surface area contributed by atoms with Crippen LogP contribution >= 0.6 is 0 Å². The van der Waals surface area contributed by atoms with Crippen LogP contribution in [0.25, 0.3) is 11.3 Å². The second kappa shape index (κ2) is 11.7. The van der Waals surface area contributed by atoms with Gasteiger partial charge in [-0.3, -0.25) is 20.0 Å². The lowest BCUT2D eigenvalue weighted by Gasteiger charge is -2.18. The molecule has 0 unspecified atom stereocenters. The van der Waals surface area contributed by atoms with Crippen LogP contribution in [-0.4, -0.2) is 48.8 Å². The van der Waals surface area contributed by atoms with Gasteiger partial charge < -0.3 is 14.2 Å². The third kappa shape index (κ3) is 6.61. The maximum atomic E-state index is 12.6. The minimum Gasteiger partial charge on any atom is -0.467 e. The molecule has 1 amide bonds. The highest BCUT2D eigenvalue weighted by molar-refractivity contribution is 5.89. The molecule has 0 N–H and O–H groups in total. The Balaban J connectivity index is 1.70. The molecule has 0 aliphatic rings. The summed E-state index contributed by atoms with van der Waals surface area (Å²) in [5.74, 6) is -0.245. The molecule has 0 bridgehead atoms. The molecule has 3 aromatic rings.